The van der Waals surface area contributed by atoms with Crippen LogP contribution in [0.25, 0.3) is 22.4 Å². The number of anilines is 1. The highest BCUT2D eigenvalue weighted by molar-refractivity contribution is 5.82. The first-order valence-electron chi connectivity index (χ1n) is 7.04. The fourth-order valence-corrected chi connectivity index (χ4v) is 2.57. The van der Waals surface area contributed by atoms with Crippen LogP contribution in [0.3, 0.4) is 0 Å². The van der Waals surface area contributed by atoms with Crippen molar-refractivity contribution in [2.75, 3.05) is 12.3 Å². The number of nitrogens with zero attached hydrogens (tertiary/aromatic N) is 2. The monoisotopic (exact) mass is 281 g/mol. The van der Waals surface area contributed by atoms with Gasteiger partial charge in [-0.15, -0.1) is 0 Å². The maximum Gasteiger partial charge on any atom is 0.141 e. The van der Waals surface area contributed by atoms with Crippen molar-refractivity contribution in [2.24, 2.45) is 0 Å². The number of benzene rings is 2. The minimum Gasteiger partial charge on any atom is -0.398 e. The number of imidazole rings is 1. The van der Waals surface area contributed by atoms with Crippen molar-refractivity contribution in [3.8, 4) is 11.4 Å². The third-order valence-electron chi connectivity index (χ3n) is 3.76. The average Bonchev–Trinajstić information content (AvgIpc) is 2.80. The van der Waals surface area contributed by atoms with E-state index in [1.165, 1.54) is 5.56 Å². The van der Waals surface area contributed by atoms with Crippen LogP contribution in [-0.4, -0.2) is 21.3 Å². The van der Waals surface area contributed by atoms with Gasteiger partial charge in [0.1, 0.15) is 5.82 Å². The van der Waals surface area contributed by atoms with Gasteiger partial charge < -0.3 is 15.4 Å². The number of aliphatic hydroxyl groups is 1. The highest BCUT2D eigenvalue weighted by Crippen LogP contribution is 2.27. The van der Waals surface area contributed by atoms with Crippen LogP contribution < -0.4 is 5.73 Å². The van der Waals surface area contributed by atoms with Crippen molar-refractivity contribution < 1.29 is 5.11 Å². The molecule has 108 valence electrons. The van der Waals surface area contributed by atoms with Crippen LogP contribution in [0.2, 0.25) is 0 Å². The Morgan fingerprint density at radius 3 is 2.67 bits per heavy atom. The average molecular weight is 281 g/mol. The van der Waals surface area contributed by atoms with Crippen molar-refractivity contribution in [3.05, 3.63) is 47.5 Å². The van der Waals surface area contributed by atoms with Crippen LogP contribution in [0.15, 0.2) is 36.4 Å². The van der Waals surface area contributed by atoms with E-state index in [-0.39, 0.29) is 6.61 Å². The SMILES string of the molecule is Cc1ccc2c(c1)nc(-c1ccc(C)c(N)c1)n2CCO. The molecule has 0 unspecified atom stereocenters. The second kappa shape index (κ2) is 5.22. The van der Waals surface area contributed by atoms with Crippen LogP contribution in [0.5, 0.6) is 0 Å². The summed E-state index contributed by atoms with van der Waals surface area (Å²) in [5, 5.41) is 9.35. The Bertz CT molecular complexity index is 805. The highest BCUT2D eigenvalue weighted by atomic mass is 16.3. The lowest BCUT2D eigenvalue weighted by Crippen LogP contribution is -2.04. The molecule has 0 amide bonds. The first kappa shape index (κ1) is 13.6. The minimum absolute atomic E-state index is 0.0771. The first-order valence-corrected chi connectivity index (χ1v) is 7.04. The molecule has 0 atom stereocenters. The summed E-state index contributed by atoms with van der Waals surface area (Å²) in [4.78, 5) is 4.73. The molecule has 0 saturated heterocycles. The van der Waals surface area contributed by atoms with E-state index in [0.29, 0.717) is 6.54 Å². The molecule has 4 nitrogen and oxygen atoms in total. The molecule has 3 rings (SSSR count). The van der Waals surface area contributed by atoms with E-state index in [2.05, 4.69) is 12.1 Å². The van der Waals surface area contributed by atoms with Gasteiger partial charge in [0.15, 0.2) is 0 Å². The predicted octanol–water partition coefficient (Wildman–Crippen LogP) is 2.89. The van der Waals surface area contributed by atoms with Gasteiger partial charge in [0.25, 0.3) is 0 Å². The van der Waals surface area contributed by atoms with E-state index in [0.717, 1.165) is 33.7 Å². The molecule has 0 spiro atoms. The number of aromatic nitrogens is 2. The molecule has 1 aromatic heterocycles. The first-order chi connectivity index (χ1) is 10.1. The maximum absolute atomic E-state index is 9.35. The summed E-state index contributed by atoms with van der Waals surface area (Å²) in [5.74, 6) is 0.844. The minimum atomic E-state index is 0.0771. The van der Waals surface area contributed by atoms with Gasteiger partial charge in [-0.3, -0.25) is 0 Å². The van der Waals surface area contributed by atoms with Gasteiger partial charge >= 0.3 is 0 Å². The fourth-order valence-electron chi connectivity index (χ4n) is 2.57. The van der Waals surface area contributed by atoms with Crippen molar-refractivity contribution in [3.63, 3.8) is 0 Å². The highest BCUT2D eigenvalue weighted by Gasteiger charge is 2.13. The van der Waals surface area contributed by atoms with E-state index < -0.39 is 0 Å². The van der Waals surface area contributed by atoms with Crippen LogP contribution in [0.1, 0.15) is 11.1 Å². The van der Waals surface area contributed by atoms with Gasteiger partial charge in [-0.1, -0.05) is 18.2 Å². The second-order valence-electron chi connectivity index (χ2n) is 5.37. The molecule has 0 saturated carbocycles. The second-order valence-corrected chi connectivity index (χ2v) is 5.37. The van der Waals surface area contributed by atoms with Crippen molar-refractivity contribution in [1.29, 1.82) is 0 Å². The number of hydrogen-bond acceptors (Lipinski definition) is 3. The molecule has 21 heavy (non-hydrogen) atoms. The van der Waals surface area contributed by atoms with Crippen LogP contribution in [-0.2, 0) is 6.54 Å². The molecule has 0 bridgehead atoms. The molecule has 0 radical (unpaired) electrons. The molecule has 3 N–H and O–H groups in total. The molecule has 2 aromatic carbocycles. The summed E-state index contributed by atoms with van der Waals surface area (Å²) >= 11 is 0. The molecule has 0 aliphatic carbocycles. The van der Waals surface area contributed by atoms with Gasteiger partial charge in [0.05, 0.1) is 17.6 Å². The third-order valence-corrected chi connectivity index (χ3v) is 3.76. The zero-order valence-corrected chi connectivity index (χ0v) is 12.3. The smallest absolute Gasteiger partial charge is 0.141 e. The molecule has 0 aliphatic heterocycles. The largest absolute Gasteiger partial charge is 0.398 e. The van der Waals surface area contributed by atoms with Crippen molar-refractivity contribution >= 4 is 16.7 Å². The molecular formula is C17H19N3O. The van der Waals surface area contributed by atoms with E-state index in [9.17, 15) is 5.11 Å². The number of aryl methyl sites for hydroxylation is 2. The number of fused-ring (bicyclic) bond motifs is 1. The number of aliphatic hydroxyl groups excluding tert-OH is 1. The lowest BCUT2D eigenvalue weighted by molar-refractivity contribution is 0.278. The Balaban J connectivity index is 2.24. The predicted molar refractivity (Wildman–Crippen MR) is 86.1 cm³/mol. The Hall–Kier alpha value is -2.33. The molecule has 4 heteroatoms. The topological polar surface area (TPSA) is 64.1 Å². The molecule has 0 aliphatic rings. The number of rotatable bonds is 3. The summed E-state index contributed by atoms with van der Waals surface area (Å²) in [6.45, 7) is 4.63. The van der Waals surface area contributed by atoms with Gasteiger partial charge in [-0.05, 0) is 43.2 Å². The Kier molecular flexibility index (Phi) is 3.39. The van der Waals surface area contributed by atoms with Crippen LogP contribution in [0.4, 0.5) is 5.69 Å². The zero-order valence-electron chi connectivity index (χ0n) is 12.3. The Labute approximate surface area is 123 Å². The quantitative estimate of drug-likeness (QED) is 0.726. The Morgan fingerprint density at radius 2 is 1.95 bits per heavy atom. The lowest BCUT2D eigenvalue weighted by atomic mass is 10.1. The van der Waals surface area contributed by atoms with E-state index in [4.69, 9.17) is 10.7 Å². The van der Waals surface area contributed by atoms with Crippen molar-refractivity contribution in [1.82, 2.24) is 9.55 Å². The molecule has 3 aromatic rings. The summed E-state index contributed by atoms with van der Waals surface area (Å²) < 4.78 is 2.04. The summed E-state index contributed by atoms with van der Waals surface area (Å²) in [6, 6.07) is 12.1. The summed E-state index contributed by atoms with van der Waals surface area (Å²) in [5.41, 5.74) is 11.9. The van der Waals surface area contributed by atoms with Gasteiger partial charge in [-0.2, -0.15) is 0 Å². The van der Waals surface area contributed by atoms with E-state index >= 15 is 0 Å². The van der Waals surface area contributed by atoms with Gasteiger partial charge in [0.2, 0.25) is 0 Å². The fraction of sp³-hybridized carbons (Fsp3) is 0.235. The molecular weight excluding hydrogens is 262 g/mol. The summed E-state index contributed by atoms with van der Waals surface area (Å²) in [7, 11) is 0. The van der Waals surface area contributed by atoms with Gasteiger partial charge in [0, 0.05) is 17.8 Å². The molecule has 0 fully saturated rings. The molecule has 1 heterocycles. The lowest BCUT2D eigenvalue weighted by Gasteiger charge is -2.09. The van der Waals surface area contributed by atoms with Gasteiger partial charge in [-0.25, -0.2) is 4.98 Å². The van der Waals surface area contributed by atoms with Crippen molar-refractivity contribution in [2.45, 2.75) is 20.4 Å². The summed E-state index contributed by atoms with van der Waals surface area (Å²) in [6.07, 6.45) is 0. The number of hydrogen-bond donors (Lipinski definition) is 2. The third kappa shape index (κ3) is 2.38. The Morgan fingerprint density at radius 1 is 1.14 bits per heavy atom. The maximum atomic E-state index is 9.35. The van der Waals surface area contributed by atoms with E-state index in [1.807, 2.05) is 42.7 Å². The normalized spacial score (nSPS) is 11.2. The van der Waals surface area contributed by atoms with Crippen LogP contribution >= 0.6 is 0 Å². The number of nitrogens with two attached hydrogens (primary N) is 1. The zero-order chi connectivity index (χ0) is 15.0. The van der Waals surface area contributed by atoms with E-state index in [1.54, 1.807) is 0 Å². The number of nitrogen functional groups attached to an aromatic ring is 1. The standard InChI is InChI=1S/C17H19N3O/c1-11-3-6-16-15(9-11)19-17(20(16)7-8-21)13-5-4-12(2)14(18)10-13/h3-6,9-10,21H,7-8,18H2,1-2H3. The van der Waals surface area contributed by atoms with Crippen LogP contribution in [0, 0.1) is 13.8 Å².